The molecule has 0 rings (SSSR count). The molecule has 6 nitrogen and oxygen atoms in total. The van der Waals surface area contributed by atoms with Crippen LogP contribution in [0.2, 0.25) is 0 Å². The first-order valence-corrected chi connectivity index (χ1v) is 5.41. The number of nitrogens with two attached hydrogens (primary N) is 1. The van der Waals surface area contributed by atoms with Gasteiger partial charge in [-0.2, -0.15) is 0 Å². The predicted octanol–water partition coefficient (Wildman–Crippen LogP) is 0.0352. The van der Waals surface area contributed by atoms with E-state index in [1.807, 2.05) is 0 Å². The van der Waals surface area contributed by atoms with Crippen molar-refractivity contribution in [3.63, 3.8) is 0 Å². The Hall–Kier alpha value is -1.43. The number of ether oxygens (including phenoxy) is 2. The van der Waals surface area contributed by atoms with E-state index in [0.29, 0.717) is 6.29 Å². The molecule has 0 saturated carbocycles. The zero-order valence-corrected chi connectivity index (χ0v) is 10.4. The molecule has 0 fully saturated rings. The quantitative estimate of drug-likeness (QED) is 0.386. The normalized spacial score (nSPS) is 12.7. The van der Waals surface area contributed by atoms with Crippen LogP contribution in [0.3, 0.4) is 0 Å². The van der Waals surface area contributed by atoms with Gasteiger partial charge in [-0.15, -0.1) is 0 Å². The highest BCUT2D eigenvalue weighted by Gasteiger charge is 2.41. The second-order valence-corrected chi connectivity index (χ2v) is 4.04. The Kier molecular flexibility index (Phi) is 6.42. The number of rotatable bonds is 7. The maximum absolute atomic E-state index is 11.6. The Balaban J connectivity index is 4.44. The van der Waals surface area contributed by atoms with Crippen molar-refractivity contribution in [3.8, 4) is 0 Å². The van der Waals surface area contributed by atoms with Crippen molar-refractivity contribution >= 4 is 18.2 Å². The van der Waals surface area contributed by atoms with Crippen molar-refractivity contribution in [1.29, 1.82) is 0 Å². The highest BCUT2D eigenvalue weighted by molar-refractivity contribution is 5.87. The van der Waals surface area contributed by atoms with E-state index in [4.69, 9.17) is 15.2 Å². The lowest BCUT2D eigenvalue weighted by molar-refractivity contribution is -0.162. The van der Waals surface area contributed by atoms with Crippen LogP contribution >= 0.6 is 0 Å². The monoisotopic (exact) mass is 245 g/mol. The highest BCUT2D eigenvalue weighted by Crippen LogP contribution is 2.22. The summed E-state index contributed by atoms with van der Waals surface area (Å²) in [5, 5.41) is 0. The van der Waals surface area contributed by atoms with Crippen LogP contribution in [0.4, 0.5) is 0 Å². The number of carbonyl (C=O) groups is 3. The Labute approximate surface area is 100 Å². The molecule has 0 aromatic heterocycles. The van der Waals surface area contributed by atoms with Crippen LogP contribution in [0.25, 0.3) is 0 Å². The van der Waals surface area contributed by atoms with Gasteiger partial charge in [0.2, 0.25) is 0 Å². The third-order valence-corrected chi connectivity index (χ3v) is 2.31. The summed E-state index contributed by atoms with van der Waals surface area (Å²) in [5.74, 6) is -1.27. The molecule has 6 heteroatoms. The molecule has 0 radical (unpaired) electrons. The van der Waals surface area contributed by atoms with Gasteiger partial charge in [0.1, 0.15) is 12.3 Å². The Bertz CT molecular complexity index is 288. The lowest BCUT2D eigenvalue weighted by atomic mass is 9.85. The number of aldehydes is 1. The van der Waals surface area contributed by atoms with E-state index < -0.39 is 23.4 Å². The standard InChI is InChI=1S/C11H19NO5/c1-4-16-10(15)11(2,3)8(12)9(14)17-7-5-6-13/h6,8H,4-5,7,12H2,1-3H3/t8-/m1/s1. The zero-order chi connectivity index (χ0) is 13.5. The lowest BCUT2D eigenvalue weighted by Crippen LogP contribution is -2.50. The molecular weight excluding hydrogens is 226 g/mol. The molecule has 98 valence electrons. The van der Waals surface area contributed by atoms with Crippen molar-refractivity contribution < 1.29 is 23.9 Å². The molecule has 0 heterocycles. The van der Waals surface area contributed by atoms with Crippen LogP contribution in [-0.2, 0) is 23.9 Å². The van der Waals surface area contributed by atoms with Gasteiger partial charge >= 0.3 is 11.9 Å². The second kappa shape index (κ2) is 7.01. The first-order chi connectivity index (χ1) is 7.87. The van der Waals surface area contributed by atoms with Crippen LogP contribution in [0.15, 0.2) is 0 Å². The molecule has 0 aliphatic rings. The van der Waals surface area contributed by atoms with Crippen LogP contribution in [0.5, 0.6) is 0 Å². The van der Waals surface area contributed by atoms with E-state index >= 15 is 0 Å². The number of carbonyl (C=O) groups excluding carboxylic acids is 3. The average molecular weight is 245 g/mol. The second-order valence-electron chi connectivity index (χ2n) is 4.04. The summed E-state index contributed by atoms with van der Waals surface area (Å²) in [6.45, 7) is 4.87. The van der Waals surface area contributed by atoms with E-state index in [1.54, 1.807) is 6.92 Å². The van der Waals surface area contributed by atoms with E-state index in [-0.39, 0.29) is 19.6 Å². The molecule has 0 unspecified atom stereocenters. The Morgan fingerprint density at radius 1 is 1.35 bits per heavy atom. The molecule has 0 aromatic carbocycles. The Morgan fingerprint density at radius 2 is 1.94 bits per heavy atom. The summed E-state index contributed by atoms with van der Waals surface area (Å²) in [5.41, 5.74) is 4.49. The smallest absolute Gasteiger partial charge is 0.324 e. The molecule has 0 bridgehead atoms. The fourth-order valence-corrected chi connectivity index (χ4v) is 1.04. The molecular formula is C11H19NO5. The molecule has 0 aliphatic heterocycles. The maximum atomic E-state index is 11.6. The van der Waals surface area contributed by atoms with Gasteiger partial charge in [0.15, 0.2) is 0 Å². The van der Waals surface area contributed by atoms with Crippen molar-refractivity contribution in [2.24, 2.45) is 11.1 Å². The van der Waals surface area contributed by atoms with Gasteiger partial charge in [-0.3, -0.25) is 9.59 Å². The summed E-state index contributed by atoms with van der Waals surface area (Å²) < 4.78 is 9.58. The fraction of sp³-hybridized carbons (Fsp3) is 0.727. The maximum Gasteiger partial charge on any atom is 0.324 e. The molecule has 1 atom stereocenters. The Morgan fingerprint density at radius 3 is 2.41 bits per heavy atom. The number of hydrogen-bond donors (Lipinski definition) is 1. The van der Waals surface area contributed by atoms with Gasteiger partial charge in [-0.25, -0.2) is 0 Å². The first-order valence-electron chi connectivity index (χ1n) is 5.41. The summed E-state index contributed by atoms with van der Waals surface area (Å²) in [7, 11) is 0. The lowest BCUT2D eigenvalue weighted by Gasteiger charge is -2.27. The third kappa shape index (κ3) is 4.52. The van der Waals surface area contributed by atoms with Crippen molar-refractivity contribution in [2.75, 3.05) is 13.2 Å². The SMILES string of the molecule is CCOC(=O)C(C)(C)[C@H](N)C(=O)OCCC=O. The first kappa shape index (κ1) is 15.6. The summed E-state index contributed by atoms with van der Waals surface area (Å²) in [6, 6.07) is -1.12. The van der Waals surface area contributed by atoms with Crippen molar-refractivity contribution in [3.05, 3.63) is 0 Å². The van der Waals surface area contributed by atoms with Gasteiger partial charge in [-0.1, -0.05) is 0 Å². The van der Waals surface area contributed by atoms with Gasteiger partial charge < -0.3 is 20.0 Å². The highest BCUT2D eigenvalue weighted by atomic mass is 16.5. The minimum absolute atomic E-state index is 0.0328. The van der Waals surface area contributed by atoms with Gasteiger partial charge in [-0.05, 0) is 20.8 Å². The molecule has 0 amide bonds. The van der Waals surface area contributed by atoms with Crippen molar-refractivity contribution in [2.45, 2.75) is 33.2 Å². The molecule has 0 saturated heterocycles. The summed E-state index contributed by atoms with van der Waals surface area (Å²) in [4.78, 5) is 33.1. The van der Waals surface area contributed by atoms with E-state index in [1.165, 1.54) is 13.8 Å². The topological polar surface area (TPSA) is 95.7 Å². The molecule has 0 aromatic rings. The van der Waals surface area contributed by atoms with Crippen molar-refractivity contribution in [1.82, 2.24) is 0 Å². The molecule has 17 heavy (non-hydrogen) atoms. The zero-order valence-electron chi connectivity index (χ0n) is 10.4. The van der Waals surface area contributed by atoms with Gasteiger partial charge in [0, 0.05) is 6.42 Å². The molecule has 0 aliphatic carbocycles. The summed E-state index contributed by atoms with van der Waals surface area (Å²) >= 11 is 0. The predicted molar refractivity (Wildman–Crippen MR) is 60.0 cm³/mol. The van der Waals surface area contributed by atoms with Crippen LogP contribution in [-0.4, -0.2) is 37.5 Å². The molecule has 2 N–H and O–H groups in total. The van der Waals surface area contributed by atoms with E-state index in [9.17, 15) is 14.4 Å². The van der Waals surface area contributed by atoms with Crippen LogP contribution in [0, 0.1) is 5.41 Å². The minimum atomic E-state index is -1.16. The largest absolute Gasteiger partial charge is 0.466 e. The van der Waals surface area contributed by atoms with Crippen LogP contribution < -0.4 is 5.73 Å². The number of esters is 2. The minimum Gasteiger partial charge on any atom is -0.466 e. The third-order valence-electron chi connectivity index (χ3n) is 2.31. The number of hydrogen-bond acceptors (Lipinski definition) is 6. The van der Waals surface area contributed by atoms with E-state index in [2.05, 4.69) is 0 Å². The average Bonchev–Trinajstić information content (AvgIpc) is 2.28. The summed E-state index contributed by atoms with van der Waals surface area (Å²) in [6.07, 6.45) is 0.744. The van der Waals surface area contributed by atoms with Gasteiger partial charge in [0.05, 0.1) is 18.6 Å². The van der Waals surface area contributed by atoms with E-state index in [0.717, 1.165) is 0 Å². The molecule has 0 spiro atoms. The van der Waals surface area contributed by atoms with Crippen LogP contribution in [0.1, 0.15) is 27.2 Å². The fourth-order valence-electron chi connectivity index (χ4n) is 1.04. The van der Waals surface area contributed by atoms with Gasteiger partial charge in [0.25, 0.3) is 0 Å².